The number of ether oxygens (including phenoxy) is 1. The van der Waals surface area contributed by atoms with Crippen molar-refractivity contribution in [1.82, 2.24) is 10.2 Å². The molecule has 2 aliphatic rings. The zero-order valence-electron chi connectivity index (χ0n) is 13.6. The van der Waals surface area contributed by atoms with E-state index in [2.05, 4.69) is 30.4 Å². The lowest BCUT2D eigenvalue weighted by Crippen LogP contribution is -2.37. The van der Waals surface area contributed by atoms with Crippen LogP contribution in [0.25, 0.3) is 0 Å². The van der Waals surface area contributed by atoms with Crippen LogP contribution >= 0.6 is 0 Å². The van der Waals surface area contributed by atoms with Crippen molar-refractivity contribution in [3.63, 3.8) is 0 Å². The summed E-state index contributed by atoms with van der Waals surface area (Å²) in [6, 6.07) is 7.17. The molecule has 4 heteroatoms. The van der Waals surface area contributed by atoms with E-state index in [4.69, 9.17) is 4.74 Å². The first-order valence-corrected chi connectivity index (χ1v) is 8.44. The number of fused-ring (bicyclic) bond motifs is 1. The average Bonchev–Trinajstić information content (AvgIpc) is 2.90. The van der Waals surface area contributed by atoms with E-state index in [9.17, 15) is 4.79 Å². The van der Waals surface area contributed by atoms with Gasteiger partial charge in [-0.3, -0.25) is 4.79 Å². The van der Waals surface area contributed by atoms with Gasteiger partial charge in [-0.15, -0.1) is 0 Å². The van der Waals surface area contributed by atoms with Gasteiger partial charge >= 0.3 is 0 Å². The zero-order valence-corrected chi connectivity index (χ0v) is 13.6. The molecule has 0 bridgehead atoms. The van der Waals surface area contributed by atoms with E-state index >= 15 is 0 Å². The molecule has 1 aromatic rings. The molecule has 0 aromatic heterocycles. The SMILES string of the molecule is CCC(=O)N1CC[C@H](N[C@@H]2CCCOc3ccc(C)cc32)C1. The maximum absolute atomic E-state index is 11.8. The molecular formula is C18H26N2O2. The first-order valence-electron chi connectivity index (χ1n) is 8.44. The minimum absolute atomic E-state index is 0.268. The highest BCUT2D eigenvalue weighted by molar-refractivity contribution is 5.76. The number of rotatable bonds is 3. The first kappa shape index (κ1) is 15.3. The number of hydrogen-bond acceptors (Lipinski definition) is 3. The van der Waals surface area contributed by atoms with Gasteiger partial charge in [0.05, 0.1) is 6.61 Å². The maximum Gasteiger partial charge on any atom is 0.222 e. The standard InChI is InChI=1S/C18H26N2O2/c1-3-18(21)20-9-8-14(12-20)19-16-5-4-10-22-17-7-6-13(2)11-15(16)17/h6-7,11,14,16,19H,3-5,8-10,12H2,1-2H3/t14-,16+/m0/s1. The van der Waals surface area contributed by atoms with Crippen molar-refractivity contribution < 1.29 is 9.53 Å². The number of amides is 1. The number of likely N-dealkylation sites (tertiary alicyclic amines) is 1. The molecule has 0 saturated carbocycles. The Morgan fingerprint density at radius 1 is 1.41 bits per heavy atom. The summed E-state index contributed by atoms with van der Waals surface area (Å²) in [5.74, 6) is 1.28. The second kappa shape index (κ2) is 6.69. The van der Waals surface area contributed by atoms with Gasteiger partial charge in [-0.25, -0.2) is 0 Å². The van der Waals surface area contributed by atoms with Gasteiger partial charge in [0.15, 0.2) is 0 Å². The molecule has 1 amide bonds. The molecule has 2 heterocycles. The lowest BCUT2D eigenvalue weighted by Gasteiger charge is -2.23. The van der Waals surface area contributed by atoms with Crippen molar-refractivity contribution >= 4 is 5.91 Å². The Morgan fingerprint density at radius 3 is 3.09 bits per heavy atom. The predicted molar refractivity (Wildman–Crippen MR) is 87.1 cm³/mol. The van der Waals surface area contributed by atoms with E-state index in [1.54, 1.807) is 0 Å². The third-order valence-corrected chi connectivity index (χ3v) is 4.72. The van der Waals surface area contributed by atoms with Crippen molar-refractivity contribution in [3.05, 3.63) is 29.3 Å². The van der Waals surface area contributed by atoms with E-state index in [-0.39, 0.29) is 5.91 Å². The van der Waals surface area contributed by atoms with Crippen LogP contribution in [-0.4, -0.2) is 36.5 Å². The molecule has 2 aliphatic heterocycles. The van der Waals surface area contributed by atoms with Crippen LogP contribution in [0, 0.1) is 6.92 Å². The number of nitrogens with one attached hydrogen (secondary N) is 1. The topological polar surface area (TPSA) is 41.6 Å². The largest absolute Gasteiger partial charge is 0.493 e. The van der Waals surface area contributed by atoms with Gasteiger partial charge in [-0.2, -0.15) is 0 Å². The van der Waals surface area contributed by atoms with E-state index in [1.807, 2.05) is 11.8 Å². The van der Waals surface area contributed by atoms with E-state index in [0.717, 1.165) is 44.7 Å². The number of aryl methyl sites for hydroxylation is 1. The fraction of sp³-hybridized carbons (Fsp3) is 0.611. The lowest BCUT2D eigenvalue weighted by molar-refractivity contribution is -0.129. The Hall–Kier alpha value is -1.55. The van der Waals surface area contributed by atoms with Gasteiger partial charge in [0.25, 0.3) is 0 Å². The Bertz CT molecular complexity index is 544. The van der Waals surface area contributed by atoms with E-state index in [0.29, 0.717) is 18.5 Å². The van der Waals surface area contributed by atoms with Crippen LogP contribution in [0.1, 0.15) is 49.8 Å². The van der Waals surface area contributed by atoms with Gasteiger partial charge in [-0.1, -0.05) is 24.6 Å². The number of carbonyl (C=O) groups excluding carboxylic acids is 1. The van der Waals surface area contributed by atoms with Gasteiger partial charge in [0.1, 0.15) is 5.75 Å². The van der Waals surface area contributed by atoms with Crippen LogP contribution in [0.15, 0.2) is 18.2 Å². The summed E-state index contributed by atoms with van der Waals surface area (Å²) >= 11 is 0. The molecule has 3 rings (SSSR count). The molecule has 2 atom stereocenters. The van der Waals surface area contributed by atoms with Crippen molar-refractivity contribution in [2.45, 2.75) is 51.6 Å². The highest BCUT2D eigenvalue weighted by Crippen LogP contribution is 2.33. The van der Waals surface area contributed by atoms with Crippen LogP contribution in [0.5, 0.6) is 5.75 Å². The van der Waals surface area contributed by atoms with Crippen molar-refractivity contribution in [2.24, 2.45) is 0 Å². The molecule has 4 nitrogen and oxygen atoms in total. The smallest absolute Gasteiger partial charge is 0.222 e. The molecule has 120 valence electrons. The minimum atomic E-state index is 0.268. The second-order valence-corrected chi connectivity index (χ2v) is 6.43. The quantitative estimate of drug-likeness (QED) is 0.933. The van der Waals surface area contributed by atoms with Gasteiger partial charge < -0.3 is 15.0 Å². The highest BCUT2D eigenvalue weighted by atomic mass is 16.5. The van der Waals surface area contributed by atoms with Crippen LogP contribution in [0.3, 0.4) is 0 Å². The molecule has 0 aliphatic carbocycles. The normalized spacial score (nSPS) is 24.5. The van der Waals surface area contributed by atoms with Crippen LogP contribution < -0.4 is 10.1 Å². The Balaban J connectivity index is 1.71. The van der Waals surface area contributed by atoms with Gasteiger partial charge in [0.2, 0.25) is 5.91 Å². The van der Waals surface area contributed by atoms with Crippen molar-refractivity contribution in [3.8, 4) is 5.75 Å². The third kappa shape index (κ3) is 3.27. The highest BCUT2D eigenvalue weighted by Gasteiger charge is 2.29. The molecule has 0 unspecified atom stereocenters. The third-order valence-electron chi connectivity index (χ3n) is 4.72. The molecule has 1 saturated heterocycles. The summed E-state index contributed by atoms with van der Waals surface area (Å²) in [5.41, 5.74) is 2.54. The summed E-state index contributed by atoms with van der Waals surface area (Å²) in [6.45, 7) is 6.57. The first-order chi connectivity index (χ1) is 10.7. The molecule has 0 radical (unpaired) electrons. The van der Waals surface area contributed by atoms with Crippen LogP contribution in [-0.2, 0) is 4.79 Å². The molecular weight excluding hydrogens is 276 g/mol. The van der Waals surface area contributed by atoms with Crippen LogP contribution in [0.2, 0.25) is 0 Å². The minimum Gasteiger partial charge on any atom is -0.493 e. The van der Waals surface area contributed by atoms with Gasteiger partial charge in [0, 0.05) is 37.2 Å². The fourth-order valence-corrected chi connectivity index (χ4v) is 3.50. The summed E-state index contributed by atoms with van der Waals surface area (Å²) in [4.78, 5) is 13.8. The van der Waals surface area contributed by atoms with Crippen LogP contribution in [0.4, 0.5) is 0 Å². The number of hydrogen-bond donors (Lipinski definition) is 1. The van der Waals surface area contributed by atoms with Crippen molar-refractivity contribution in [1.29, 1.82) is 0 Å². The number of nitrogens with zero attached hydrogens (tertiary/aromatic N) is 1. The van der Waals surface area contributed by atoms with Crippen molar-refractivity contribution in [2.75, 3.05) is 19.7 Å². The Kier molecular flexibility index (Phi) is 4.67. The Labute approximate surface area is 132 Å². The monoisotopic (exact) mass is 302 g/mol. The lowest BCUT2D eigenvalue weighted by atomic mass is 9.99. The molecule has 22 heavy (non-hydrogen) atoms. The summed E-state index contributed by atoms with van der Waals surface area (Å²) < 4.78 is 5.87. The fourth-order valence-electron chi connectivity index (χ4n) is 3.50. The second-order valence-electron chi connectivity index (χ2n) is 6.43. The average molecular weight is 302 g/mol. The van der Waals surface area contributed by atoms with Gasteiger partial charge in [-0.05, 0) is 32.3 Å². The summed E-state index contributed by atoms with van der Waals surface area (Å²) in [7, 11) is 0. The summed E-state index contributed by atoms with van der Waals surface area (Å²) in [5, 5.41) is 3.78. The summed E-state index contributed by atoms with van der Waals surface area (Å²) in [6.07, 6.45) is 3.81. The molecule has 0 spiro atoms. The molecule has 1 aromatic carbocycles. The zero-order chi connectivity index (χ0) is 15.5. The predicted octanol–water partition coefficient (Wildman–Crippen LogP) is 2.81. The maximum atomic E-state index is 11.8. The van der Waals surface area contributed by atoms with E-state index < -0.39 is 0 Å². The Morgan fingerprint density at radius 2 is 2.27 bits per heavy atom. The number of carbonyl (C=O) groups is 1. The molecule has 1 fully saturated rings. The number of benzene rings is 1. The molecule has 1 N–H and O–H groups in total. The van der Waals surface area contributed by atoms with E-state index in [1.165, 1.54) is 11.1 Å².